The summed E-state index contributed by atoms with van der Waals surface area (Å²) >= 11 is -1.51. The van der Waals surface area contributed by atoms with Crippen molar-refractivity contribution in [2.24, 2.45) is 0 Å². The number of benzene rings is 3. The lowest BCUT2D eigenvalue weighted by Crippen LogP contribution is -2.39. The molecule has 3 aromatic rings. The van der Waals surface area contributed by atoms with E-state index in [9.17, 15) is 0 Å². The molecule has 0 N–H and O–H groups in total. The SMILES string of the molecule is Cc1cc(C)c(P(/[C](=C/c2ccccc2)[Al]([C](C)(C)C)[C](C)(C)C)c2c(C)cc(C)cc2C)c(C)c1. The first-order valence-corrected chi connectivity index (χ1v) is 16.4. The number of aryl methyl sites for hydroxylation is 6. The average Bonchev–Trinajstić information content (AvgIpc) is 2.69. The van der Waals surface area contributed by atoms with Crippen molar-refractivity contribution in [2.75, 3.05) is 0 Å². The second-order valence-corrected chi connectivity index (χ2v) is 20.5. The van der Waals surface area contributed by atoms with Gasteiger partial charge in [0.25, 0.3) is 0 Å². The second kappa shape index (κ2) is 11.0. The number of hydrogen-bond acceptors (Lipinski definition) is 0. The molecular weight excluding hydrogens is 466 g/mol. The maximum atomic E-state index is 2.61. The standard InChI is InChI=1S/C26H28P.2C4H9.Al/c1-18-14-20(3)25(21(4)15-18)27(13-12-24-10-8-7-9-11-24)26-22(5)16-19(2)17-23(26)6;2*1-4(2)3;/h7-12,14-17H,1-6H3;2*1-3H3;. The van der Waals surface area contributed by atoms with Crippen LogP contribution in [0.4, 0.5) is 0 Å². The van der Waals surface area contributed by atoms with Crippen LogP contribution in [-0.2, 0) is 0 Å². The summed E-state index contributed by atoms with van der Waals surface area (Å²) in [5, 5.41) is 3.14. The van der Waals surface area contributed by atoms with Crippen molar-refractivity contribution in [3.05, 3.63) is 97.7 Å². The Morgan fingerprint density at radius 3 is 1.31 bits per heavy atom. The molecule has 0 bridgehead atoms. The number of hydrogen-bond donors (Lipinski definition) is 0. The molecule has 0 unspecified atom stereocenters. The molecule has 0 fully saturated rings. The molecule has 0 aliphatic rings. The summed E-state index contributed by atoms with van der Waals surface area (Å²) in [4.78, 5) is 0. The predicted octanol–water partition coefficient (Wildman–Crippen LogP) is 9.65. The highest BCUT2D eigenvalue weighted by atomic mass is 31.1. The molecule has 0 radical (unpaired) electrons. The minimum Gasteiger partial charge on any atom is -0.0986 e. The van der Waals surface area contributed by atoms with Crippen molar-refractivity contribution >= 4 is 38.8 Å². The normalized spacial score (nSPS) is 12.9. The van der Waals surface area contributed by atoms with Crippen LogP contribution in [0.3, 0.4) is 0 Å². The quantitative estimate of drug-likeness (QED) is 0.236. The van der Waals surface area contributed by atoms with E-state index in [2.05, 4.69) is 144 Å². The molecular formula is C34H46AlP. The highest BCUT2D eigenvalue weighted by Crippen LogP contribution is 2.57. The molecule has 0 aliphatic heterocycles. The van der Waals surface area contributed by atoms with E-state index in [1.54, 1.807) is 14.8 Å². The summed E-state index contributed by atoms with van der Waals surface area (Å²) in [6, 6.07) is 20.7. The summed E-state index contributed by atoms with van der Waals surface area (Å²) in [7, 11) is -0.691. The Bertz CT molecular complexity index is 1140. The van der Waals surface area contributed by atoms with Crippen LogP contribution in [0.2, 0.25) is 8.55 Å². The first-order chi connectivity index (χ1) is 16.6. The Kier molecular flexibility index (Phi) is 8.84. The molecule has 2 heteroatoms. The molecule has 3 aromatic carbocycles. The lowest BCUT2D eigenvalue weighted by atomic mass is 10.1. The third kappa shape index (κ3) is 6.43. The Morgan fingerprint density at radius 1 is 0.611 bits per heavy atom. The topological polar surface area (TPSA) is 0 Å². The molecule has 0 heterocycles. The maximum absolute atomic E-state index is 2.61. The first-order valence-electron chi connectivity index (χ1n) is 13.3. The van der Waals surface area contributed by atoms with Gasteiger partial charge in [0.1, 0.15) is 0 Å². The smallest absolute Gasteiger partial charge is 0.0986 e. The van der Waals surface area contributed by atoms with Gasteiger partial charge in [-0.25, -0.2) is 0 Å². The summed E-state index contributed by atoms with van der Waals surface area (Å²) in [6.07, 6.45) is 2.61. The first kappa shape index (κ1) is 28.9. The fraction of sp³-hybridized carbons (Fsp3) is 0.412. The van der Waals surface area contributed by atoms with E-state index in [-0.39, 0.29) is 8.55 Å². The van der Waals surface area contributed by atoms with Crippen molar-refractivity contribution in [3.63, 3.8) is 0 Å². The second-order valence-electron chi connectivity index (χ2n) is 13.0. The van der Waals surface area contributed by atoms with Gasteiger partial charge in [-0.1, -0.05) is 126 Å². The molecule has 0 aliphatic carbocycles. The van der Waals surface area contributed by atoms with E-state index < -0.39 is 22.1 Å². The van der Waals surface area contributed by atoms with Crippen LogP contribution in [-0.4, -0.2) is 14.1 Å². The molecule has 0 atom stereocenters. The van der Waals surface area contributed by atoms with Gasteiger partial charge in [-0.2, -0.15) is 0 Å². The van der Waals surface area contributed by atoms with Gasteiger partial charge in [-0.15, -0.1) is 0 Å². The minimum absolute atomic E-state index is 0.248. The Labute approximate surface area is 227 Å². The van der Waals surface area contributed by atoms with Gasteiger partial charge in [0, 0.05) is 0 Å². The lowest BCUT2D eigenvalue weighted by Gasteiger charge is -2.42. The van der Waals surface area contributed by atoms with Gasteiger partial charge in [-0.05, 0) is 87.9 Å². The fourth-order valence-electron chi connectivity index (χ4n) is 6.60. The van der Waals surface area contributed by atoms with Crippen LogP contribution in [0, 0.1) is 41.5 Å². The molecule has 0 amide bonds. The zero-order chi connectivity index (χ0) is 27.0. The largest absolute Gasteiger partial charge is 0.319 e. The predicted molar refractivity (Wildman–Crippen MR) is 167 cm³/mol. The van der Waals surface area contributed by atoms with Crippen LogP contribution in [0.1, 0.15) is 80.5 Å². The van der Waals surface area contributed by atoms with Gasteiger partial charge in [0.05, 0.1) is 0 Å². The van der Waals surface area contributed by atoms with Crippen molar-refractivity contribution in [3.8, 4) is 0 Å². The molecule has 0 saturated carbocycles. The van der Waals surface area contributed by atoms with Crippen LogP contribution in [0.15, 0.2) is 58.8 Å². The Balaban J connectivity index is 2.54. The average molecular weight is 513 g/mol. The molecule has 0 spiro atoms. The van der Waals surface area contributed by atoms with Crippen molar-refractivity contribution in [1.29, 1.82) is 0 Å². The van der Waals surface area contributed by atoms with Gasteiger partial charge in [0.2, 0.25) is 0 Å². The van der Waals surface area contributed by atoms with Gasteiger partial charge >= 0.3 is 14.1 Å². The maximum Gasteiger partial charge on any atom is 0.319 e. The summed E-state index contributed by atoms with van der Waals surface area (Å²) in [6.45, 7) is 28.8. The van der Waals surface area contributed by atoms with Gasteiger partial charge < -0.3 is 0 Å². The zero-order valence-corrected chi connectivity index (χ0v) is 26.8. The highest BCUT2D eigenvalue weighted by molar-refractivity contribution is 7.79. The van der Waals surface area contributed by atoms with E-state index in [0.29, 0.717) is 0 Å². The minimum atomic E-state index is -1.51. The monoisotopic (exact) mass is 512 g/mol. The summed E-state index contributed by atoms with van der Waals surface area (Å²) < 4.78 is 2.22. The third-order valence-corrected chi connectivity index (χ3v) is 15.8. The lowest BCUT2D eigenvalue weighted by molar-refractivity contribution is 0.651. The Hall–Kier alpha value is -1.64. The van der Waals surface area contributed by atoms with E-state index in [0.717, 1.165) is 0 Å². The molecule has 36 heavy (non-hydrogen) atoms. The highest BCUT2D eigenvalue weighted by Gasteiger charge is 2.47. The fourth-order valence-corrected chi connectivity index (χ4v) is 18.2. The summed E-state index contributed by atoms with van der Waals surface area (Å²) in [5.41, 5.74) is 9.79. The van der Waals surface area contributed by atoms with Crippen LogP contribution >= 0.6 is 7.92 Å². The van der Waals surface area contributed by atoms with E-state index in [1.807, 2.05) is 0 Å². The molecule has 190 valence electrons. The van der Waals surface area contributed by atoms with E-state index >= 15 is 0 Å². The molecule has 0 aromatic heterocycles. The van der Waals surface area contributed by atoms with Crippen LogP contribution in [0.25, 0.3) is 6.08 Å². The van der Waals surface area contributed by atoms with Crippen molar-refractivity contribution in [2.45, 2.75) is 91.6 Å². The molecule has 3 rings (SSSR count). The van der Waals surface area contributed by atoms with Crippen LogP contribution < -0.4 is 10.6 Å². The van der Waals surface area contributed by atoms with E-state index in [4.69, 9.17) is 0 Å². The van der Waals surface area contributed by atoms with E-state index in [1.165, 1.54) is 38.9 Å². The van der Waals surface area contributed by atoms with Gasteiger partial charge in [-0.3, -0.25) is 0 Å². The molecule has 0 saturated heterocycles. The van der Waals surface area contributed by atoms with Crippen molar-refractivity contribution < 1.29 is 0 Å². The third-order valence-electron chi connectivity index (χ3n) is 7.12. The van der Waals surface area contributed by atoms with Crippen LogP contribution in [0.5, 0.6) is 0 Å². The Morgan fingerprint density at radius 2 is 0.972 bits per heavy atom. The number of rotatable bonds is 5. The summed E-state index contributed by atoms with van der Waals surface area (Å²) in [5.74, 6) is 0. The van der Waals surface area contributed by atoms with Crippen molar-refractivity contribution in [1.82, 2.24) is 0 Å². The zero-order valence-electron chi connectivity index (χ0n) is 24.8. The molecule has 0 nitrogen and oxygen atoms in total. The van der Waals surface area contributed by atoms with Gasteiger partial charge in [0.15, 0.2) is 0 Å².